The van der Waals surface area contributed by atoms with Crippen LogP contribution in [0.4, 0.5) is 0 Å². The number of unbranched alkanes of at least 4 members (excludes halogenated alkanes) is 4. The summed E-state index contributed by atoms with van der Waals surface area (Å²) >= 11 is 0. The van der Waals surface area contributed by atoms with Crippen molar-refractivity contribution in [3.63, 3.8) is 0 Å². The van der Waals surface area contributed by atoms with Crippen LogP contribution >= 0.6 is 0 Å². The molecule has 294 valence electrons. The lowest BCUT2D eigenvalue weighted by Gasteiger charge is -2.17. The fourth-order valence-corrected chi connectivity index (χ4v) is 11.1. The van der Waals surface area contributed by atoms with Crippen molar-refractivity contribution in [1.82, 2.24) is 9.13 Å². The molecule has 0 N–H and O–H groups in total. The van der Waals surface area contributed by atoms with Gasteiger partial charge in [0.25, 0.3) is 0 Å². The number of nitrogens with zero attached hydrogens (tertiary/aromatic N) is 2. The molecule has 0 radical (unpaired) electrons. The van der Waals surface area contributed by atoms with Crippen molar-refractivity contribution in [2.24, 2.45) is 0 Å². The summed E-state index contributed by atoms with van der Waals surface area (Å²) in [5.41, 5.74) is 6.87. The minimum atomic E-state index is -4.10. The molecule has 8 aromatic rings. The molecule has 0 spiro atoms. The second-order valence-electron chi connectivity index (χ2n) is 14.9. The van der Waals surface area contributed by atoms with Crippen molar-refractivity contribution in [2.45, 2.75) is 85.0 Å². The molecule has 0 amide bonds. The van der Waals surface area contributed by atoms with Crippen molar-refractivity contribution in [1.29, 1.82) is 0 Å². The van der Waals surface area contributed by atoms with E-state index in [9.17, 15) is 8.42 Å². The zero-order chi connectivity index (χ0) is 40.3. The zero-order valence-electron chi connectivity index (χ0n) is 33.0. The van der Waals surface area contributed by atoms with Crippen molar-refractivity contribution in [2.75, 3.05) is 0 Å². The molecule has 6 nitrogen and oxygen atoms in total. The molecule has 0 saturated carbocycles. The van der Waals surface area contributed by atoms with E-state index in [1.54, 1.807) is 72.8 Å². The average Bonchev–Trinajstić information content (AvgIpc) is 3.80. The lowest BCUT2D eigenvalue weighted by Crippen LogP contribution is -2.06. The first-order valence-corrected chi connectivity index (χ1v) is 23.3. The maximum absolute atomic E-state index is 15.1. The van der Waals surface area contributed by atoms with Crippen LogP contribution in [0, 0.1) is 0 Å². The van der Waals surface area contributed by atoms with E-state index in [4.69, 9.17) is 0 Å². The van der Waals surface area contributed by atoms with Gasteiger partial charge >= 0.3 is 0 Å². The van der Waals surface area contributed by atoms with Gasteiger partial charge in [-0.3, -0.25) is 0 Å². The number of fused-ring (bicyclic) bond motifs is 2. The summed E-state index contributed by atoms with van der Waals surface area (Å²) < 4.78 is 63.6. The highest BCUT2D eigenvalue weighted by Crippen LogP contribution is 2.49. The van der Waals surface area contributed by atoms with Gasteiger partial charge in [-0.15, -0.1) is 0 Å². The van der Waals surface area contributed by atoms with Crippen LogP contribution in [0.2, 0.25) is 0 Å². The number of benzene rings is 6. The number of hydrogen-bond donors (Lipinski definition) is 0. The second-order valence-corrected chi connectivity index (χ2v) is 18.8. The summed E-state index contributed by atoms with van der Waals surface area (Å²) in [5, 5.41) is 1.48. The molecule has 0 unspecified atom stereocenters. The van der Waals surface area contributed by atoms with Gasteiger partial charge in [0.1, 0.15) is 0 Å². The maximum Gasteiger partial charge on any atom is 0.207 e. The van der Waals surface area contributed by atoms with Gasteiger partial charge in [0.15, 0.2) is 0 Å². The van der Waals surface area contributed by atoms with E-state index in [2.05, 4.69) is 53.3 Å². The molecular formula is C50H48N2O4S2. The normalized spacial score (nSPS) is 12.1. The molecule has 0 atom stereocenters. The topological polar surface area (TPSA) is 78.1 Å². The Morgan fingerprint density at radius 2 is 0.914 bits per heavy atom. The molecule has 8 heteroatoms. The molecule has 0 bridgehead atoms. The molecule has 0 saturated heterocycles. The van der Waals surface area contributed by atoms with E-state index in [1.807, 2.05) is 54.6 Å². The standard InChI is InChI=1S/C50H48N2O4S2/c1-3-5-19-33-51-44-31-32-47(58(55,56)40-27-17-10-18-28-40)48(43(44)36-46(51)37-21-11-7-12-22-37)49-42-35-41(57(53,54)39-25-15-9-16-26-39)29-30-45(42)52(34-20-6-4-2)50(49)38-23-13-8-14-24-38/h7-18,21-32,35-36H,3-6,19-20,33-34H2,1-2H3. The quantitative estimate of drug-likeness (QED) is 0.0967. The average molecular weight is 805 g/mol. The van der Waals surface area contributed by atoms with Crippen LogP contribution in [-0.4, -0.2) is 26.0 Å². The van der Waals surface area contributed by atoms with Gasteiger partial charge in [0.05, 0.1) is 25.3 Å². The van der Waals surface area contributed by atoms with Crippen LogP contribution in [0.15, 0.2) is 177 Å². The van der Waals surface area contributed by atoms with E-state index in [1.165, 1.54) is 0 Å². The highest BCUT2D eigenvalue weighted by molar-refractivity contribution is 7.92. The highest BCUT2D eigenvalue weighted by Gasteiger charge is 2.31. The lowest BCUT2D eigenvalue weighted by atomic mass is 9.95. The first-order valence-electron chi connectivity index (χ1n) is 20.3. The van der Waals surface area contributed by atoms with Crippen LogP contribution in [-0.2, 0) is 32.8 Å². The van der Waals surface area contributed by atoms with Gasteiger partial charge in [-0.2, -0.15) is 0 Å². The summed E-state index contributed by atoms with van der Waals surface area (Å²) in [6, 6.07) is 48.7. The molecule has 2 aromatic heterocycles. The summed E-state index contributed by atoms with van der Waals surface area (Å²) in [4.78, 5) is 0.728. The maximum atomic E-state index is 15.1. The fraction of sp³-hybridized carbons (Fsp3) is 0.200. The minimum Gasteiger partial charge on any atom is -0.340 e. The van der Waals surface area contributed by atoms with Gasteiger partial charge in [0.2, 0.25) is 19.7 Å². The van der Waals surface area contributed by atoms with Gasteiger partial charge in [-0.25, -0.2) is 16.8 Å². The molecule has 58 heavy (non-hydrogen) atoms. The zero-order valence-corrected chi connectivity index (χ0v) is 34.6. The van der Waals surface area contributed by atoms with E-state index in [0.29, 0.717) is 23.1 Å². The highest BCUT2D eigenvalue weighted by atomic mass is 32.2. The van der Waals surface area contributed by atoms with Crippen molar-refractivity contribution in [3.05, 3.63) is 158 Å². The molecular weight excluding hydrogens is 757 g/mol. The van der Waals surface area contributed by atoms with Crippen LogP contribution in [0.5, 0.6) is 0 Å². The number of aryl methyl sites for hydroxylation is 2. The SMILES string of the molecule is CCCCCn1c(-c2ccccc2)cc2c(-c3c(-c4ccccc4)n(CCCCC)c4ccc(S(=O)(=O)c5ccccc5)cc34)c(S(=O)(=O)c3ccccc3)ccc21. The van der Waals surface area contributed by atoms with Crippen LogP contribution < -0.4 is 0 Å². The number of aromatic nitrogens is 2. The van der Waals surface area contributed by atoms with Gasteiger partial charge in [-0.05, 0) is 84.6 Å². The van der Waals surface area contributed by atoms with E-state index < -0.39 is 19.7 Å². The smallest absolute Gasteiger partial charge is 0.207 e. The second kappa shape index (κ2) is 16.6. The van der Waals surface area contributed by atoms with Gasteiger partial charge in [-0.1, -0.05) is 137 Å². The Hall–Kier alpha value is -5.70. The molecule has 0 fully saturated rings. The number of hydrogen-bond acceptors (Lipinski definition) is 4. The first-order chi connectivity index (χ1) is 28.3. The van der Waals surface area contributed by atoms with Crippen molar-refractivity contribution >= 4 is 41.5 Å². The number of rotatable bonds is 15. The van der Waals surface area contributed by atoms with E-state index in [0.717, 1.165) is 84.0 Å². The molecule has 0 aliphatic heterocycles. The summed E-state index contributed by atoms with van der Waals surface area (Å²) in [6.07, 6.45) is 6.02. The summed E-state index contributed by atoms with van der Waals surface area (Å²) in [6.45, 7) is 5.80. The van der Waals surface area contributed by atoms with Gasteiger partial charge < -0.3 is 9.13 Å². The molecule has 0 aliphatic rings. The van der Waals surface area contributed by atoms with E-state index in [-0.39, 0.29) is 19.6 Å². The molecule has 8 rings (SSSR count). The monoisotopic (exact) mass is 804 g/mol. The predicted molar refractivity (Wildman–Crippen MR) is 237 cm³/mol. The van der Waals surface area contributed by atoms with Crippen molar-refractivity contribution in [3.8, 4) is 33.6 Å². The Morgan fingerprint density at radius 1 is 0.431 bits per heavy atom. The van der Waals surface area contributed by atoms with Gasteiger partial charge in [0, 0.05) is 51.7 Å². The van der Waals surface area contributed by atoms with Crippen LogP contribution in [0.3, 0.4) is 0 Å². The first kappa shape index (κ1) is 39.1. The minimum absolute atomic E-state index is 0.152. The van der Waals surface area contributed by atoms with Crippen LogP contribution in [0.1, 0.15) is 52.4 Å². The van der Waals surface area contributed by atoms with Crippen molar-refractivity contribution < 1.29 is 16.8 Å². The molecule has 0 aliphatic carbocycles. The Kier molecular flexibility index (Phi) is 11.2. The Morgan fingerprint density at radius 3 is 1.50 bits per heavy atom. The Labute approximate surface area is 342 Å². The lowest BCUT2D eigenvalue weighted by molar-refractivity contribution is 0.594. The Bertz CT molecular complexity index is 2920. The van der Waals surface area contributed by atoms with Crippen LogP contribution in [0.25, 0.3) is 55.4 Å². The molecule has 2 heterocycles. The molecule has 6 aromatic carbocycles. The summed E-state index contributed by atoms with van der Waals surface area (Å²) in [5.74, 6) is 0. The fourth-order valence-electron chi connectivity index (χ4n) is 8.27. The third-order valence-corrected chi connectivity index (χ3v) is 14.7. The largest absolute Gasteiger partial charge is 0.340 e. The third kappa shape index (κ3) is 7.20. The Balaban J connectivity index is 1.56. The number of sulfone groups is 2. The summed E-state index contributed by atoms with van der Waals surface area (Å²) in [7, 11) is -8.02. The predicted octanol–water partition coefficient (Wildman–Crippen LogP) is 12.6. The van der Waals surface area contributed by atoms with E-state index >= 15 is 8.42 Å². The third-order valence-electron chi connectivity index (χ3n) is 11.1.